The summed E-state index contributed by atoms with van der Waals surface area (Å²) in [7, 11) is 0. The summed E-state index contributed by atoms with van der Waals surface area (Å²) in [5.74, 6) is -2.13. The predicted octanol–water partition coefficient (Wildman–Crippen LogP) is 2.60. The predicted molar refractivity (Wildman–Crippen MR) is 121 cm³/mol. The summed E-state index contributed by atoms with van der Waals surface area (Å²) in [6.45, 7) is 3.55. The number of hydrogen-bond acceptors (Lipinski definition) is 5. The summed E-state index contributed by atoms with van der Waals surface area (Å²) in [5, 5.41) is 21.9. The molecular formula is C25H28N2O6. The van der Waals surface area contributed by atoms with Crippen LogP contribution in [0.4, 0.5) is 4.79 Å². The van der Waals surface area contributed by atoms with E-state index in [0.717, 1.165) is 27.2 Å². The van der Waals surface area contributed by atoms with Crippen molar-refractivity contribution in [1.82, 2.24) is 10.2 Å². The van der Waals surface area contributed by atoms with Crippen LogP contribution in [0.3, 0.4) is 0 Å². The highest BCUT2D eigenvalue weighted by atomic mass is 16.5. The standard InChI is InChI=1S/C25H28N2O6/c1-14(2)22(23(29)27-12-15(28)11-21(27)24(30)31)26-25(32)33-13-20-18-9-5-3-7-16(18)17-8-4-6-10-19(17)20/h3-10,14-15,20-22,28H,11-13H2,1-2H3,(H,26,32)(H,30,31). The minimum absolute atomic E-state index is 0.0309. The number of aliphatic hydroxyl groups excluding tert-OH is 1. The van der Waals surface area contributed by atoms with E-state index in [1.807, 2.05) is 48.5 Å². The topological polar surface area (TPSA) is 116 Å². The van der Waals surface area contributed by atoms with Crippen molar-refractivity contribution in [2.75, 3.05) is 13.2 Å². The van der Waals surface area contributed by atoms with Gasteiger partial charge in [0.15, 0.2) is 0 Å². The lowest BCUT2D eigenvalue weighted by atomic mass is 9.98. The Labute approximate surface area is 192 Å². The number of carboxylic acid groups (broad SMARTS) is 1. The number of benzene rings is 2. The van der Waals surface area contributed by atoms with E-state index in [4.69, 9.17) is 4.74 Å². The fraction of sp³-hybridized carbons (Fsp3) is 0.400. The zero-order valence-electron chi connectivity index (χ0n) is 18.6. The van der Waals surface area contributed by atoms with Crippen molar-refractivity contribution in [2.45, 2.75) is 44.4 Å². The summed E-state index contributed by atoms with van der Waals surface area (Å²) in [4.78, 5) is 38.4. The van der Waals surface area contributed by atoms with Crippen LogP contribution >= 0.6 is 0 Å². The molecule has 4 rings (SSSR count). The molecule has 1 aliphatic carbocycles. The number of carboxylic acids is 1. The van der Waals surface area contributed by atoms with Crippen LogP contribution in [0.1, 0.15) is 37.3 Å². The highest BCUT2D eigenvalue weighted by Gasteiger charge is 2.42. The Balaban J connectivity index is 1.44. The van der Waals surface area contributed by atoms with E-state index in [1.54, 1.807) is 13.8 Å². The van der Waals surface area contributed by atoms with Gasteiger partial charge in [-0.25, -0.2) is 9.59 Å². The Hall–Kier alpha value is -3.39. The first kappa shape index (κ1) is 22.8. The maximum absolute atomic E-state index is 13.1. The van der Waals surface area contributed by atoms with Gasteiger partial charge >= 0.3 is 12.1 Å². The molecule has 33 heavy (non-hydrogen) atoms. The van der Waals surface area contributed by atoms with Crippen LogP contribution in [0, 0.1) is 5.92 Å². The molecule has 1 aliphatic heterocycles. The van der Waals surface area contributed by atoms with E-state index in [9.17, 15) is 24.6 Å². The van der Waals surface area contributed by atoms with E-state index in [-0.39, 0.29) is 31.4 Å². The molecular weight excluding hydrogens is 424 g/mol. The molecule has 0 radical (unpaired) electrons. The van der Waals surface area contributed by atoms with Crippen molar-refractivity contribution in [3.8, 4) is 11.1 Å². The zero-order chi connectivity index (χ0) is 23.7. The maximum Gasteiger partial charge on any atom is 0.407 e. The average Bonchev–Trinajstić information content (AvgIpc) is 3.34. The quantitative estimate of drug-likeness (QED) is 0.620. The van der Waals surface area contributed by atoms with E-state index in [2.05, 4.69) is 5.32 Å². The minimum atomic E-state index is -1.18. The molecule has 8 heteroatoms. The van der Waals surface area contributed by atoms with Gasteiger partial charge in [0.2, 0.25) is 5.91 Å². The number of carbonyl (C=O) groups is 3. The Morgan fingerprint density at radius 3 is 2.18 bits per heavy atom. The third-order valence-electron chi connectivity index (χ3n) is 6.40. The van der Waals surface area contributed by atoms with Crippen LogP contribution in [0.15, 0.2) is 48.5 Å². The van der Waals surface area contributed by atoms with Crippen LogP contribution in [0.25, 0.3) is 11.1 Å². The second-order valence-electron chi connectivity index (χ2n) is 8.93. The highest BCUT2D eigenvalue weighted by Crippen LogP contribution is 2.44. The molecule has 1 heterocycles. The Morgan fingerprint density at radius 2 is 1.64 bits per heavy atom. The van der Waals surface area contributed by atoms with E-state index in [0.29, 0.717) is 0 Å². The van der Waals surface area contributed by atoms with Gasteiger partial charge in [0, 0.05) is 18.9 Å². The number of likely N-dealkylation sites (tertiary alicyclic amines) is 1. The van der Waals surface area contributed by atoms with Gasteiger partial charge < -0.3 is 25.2 Å². The molecule has 0 spiro atoms. The van der Waals surface area contributed by atoms with Crippen molar-refractivity contribution in [2.24, 2.45) is 5.92 Å². The number of aliphatic carboxylic acids is 1. The van der Waals surface area contributed by atoms with E-state index >= 15 is 0 Å². The molecule has 1 fully saturated rings. The summed E-state index contributed by atoms with van der Waals surface area (Å²) >= 11 is 0. The van der Waals surface area contributed by atoms with Gasteiger partial charge in [0.05, 0.1) is 6.10 Å². The van der Waals surface area contributed by atoms with Gasteiger partial charge in [-0.1, -0.05) is 62.4 Å². The first-order valence-corrected chi connectivity index (χ1v) is 11.1. The second kappa shape index (κ2) is 9.23. The lowest BCUT2D eigenvalue weighted by molar-refractivity contribution is -0.149. The van der Waals surface area contributed by atoms with Crippen molar-refractivity contribution >= 4 is 18.0 Å². The number of rotatable bonds is 6. The molecule has 3 atom stereocenters. The van der Waals surface area contributed by atoms with Gasteiger partial charge in [-0.15, -0.1) is 0 Å². The van der Waals surface area contributed by atoms with Crippen molar-refractivity contribution < 1.29 is 29.3 Å². The molecule has 2 aliphatic rings. The molecule has 3 N–H and O–H groups in total. The van der Waals surface area contributed by atoms with Crippen LogP contribution in [-0.2, 0) is 14.3 Å². The largest absolute Gasteiger partial charge is 0.480 e. The van der Waals surface area contributed by atoms with Crippen LogP contribution in [0.5, 0.6) is 0 Å². The smallest absolute Gasteiger partial charge is 0.407 e. The molecule has 0 bridgehead atoms. The highest BCUT2D eigenvalue weighted by molar-refractivity contribution is 5.90. The Bertz CT molecular complexity index is 1020. The van der Waals surface area contributed by atoms with Crippen LogP contribution < -0.4 is 5.32 Å². The molecule has 0 aromatic heterocycles. The van der Waals surface area contributed by atoms with E-state index < -0.39 is 36.2 Å². The number of carbonyl (C=O) groups excluding carboxylic acids is 2. The lowest BCUT2D eigenvalue weighted by Gasteiger charge is -2.29. The number of nitrogens with one attached hydrogen (secondary N) is 1. The number of amides is 2. The van der Waals surface area contributed by atoms with Gasteiger partial charge in [0.1, 0.15) is 18.7 Å². The fourth-order valence-corrected chi connectivity index (χ4v) is 4.75. The van der Waals surface area contributed by atoms with Crippen LogP contribution in [0.2, 0.25) is 0 Å². The molecule has 174 valence electrons. The van der Waals surface area contributed by atoms with Crippen molar-refractivity contribution in [1.29, 1.82) is 0 Å². The number of nitrogens with zero attached hydrogens (tertiary/aromatic N) is 1. The Kier molecular flexibility index (Phi) is 6.37. The van der Waals surface area contributed by atoms with Crippen molar-refractivity contribution in [3.63, 3.8) is 0 Å². The number of aliphatic hydroxyl groups is 1. The van der Waals surface area contributed by atoms with Crippen molar-refractivity contribution in [3.05, 3.63) is 59.7 Å². The molecule has 2 amide bonds. The Morgan fingerprint density at radius 1 is 1.06 bits per heavy atom. The van der Waals surface area contributed by atoms with Gasteiger partial charge in [-0.05, 0) is 28.2 Å². The monoisotopic (exact) mass is 452 g/mol. The second-order valence-corrected chi connectivity index (χ2v) is 8.93. The van der Waals surface area contributed by atoms with Gasteiger partial charge in [-0.3, -0.25) is 4.79 Å². The third kappa shape index (κ3) is 4.43. The molecule has 1 saturated heterocycles. The summed E-state index contributed by atoms with van der Waals surface area (Å²) in [5.41, 5.74) is 4.39. The van der Waals surface area contributed by atoms with Gasteiger partial charge in [-0.2, -0.15) is 0 Å². The zero-order valence-corrected chi connectivity index (χ0v) is 18.6. The number of alkyl carbamates (subject to hydrolysis) is 1. The normalized spacial score (nSPS) is 20.3. The number of fused-ring (bicyclic) bond motifs is 3. The molecule has 3 unspecified atom stereocenters. The molecule has 8 nitrogen and oxygen atoms in total. The van der Waals surface area contributed by atoms with Gasteiger partial charge in [0.25, 0.3) is 0 Å². The molecule has 2 aromatic carbocycles. The molecule has 0 saturated carbocycles. The summed E-state index contributed by atoms with van der Waals surface area (Å²) in [6.07, 6.45) is -1.68. The van der Waals surface area contributed by atoms with Crippen LogP contribution in [-0.4, -0.2) is 64.4 Å². The molecule has 2 aromatic rings. The first-order valence-electron chi connectivity index (χ1n) is 11.1. The lowest BCUT2D eigenvalue weighted by Crippen LogP contribution is -2.54. The fourth-order valence-electron chi connectivity index (χ4n) is 4.75. The maximum atomic E-state index is 13.1. The number of β-amino-alcohol motifs (C(OH)–C–C–N with tert-alkyl or cyclic N) is 1. The third-order valence-corrected chi connectivity index (χ3v) is 6.40. The number of hydrogen-bond donors (Lipinski definition) is 3. The SMILES string of the molecule is CC(C)C(NC(=O)OCC1c2ccccc2-c2ccccc21)C(=O)N1CC(O)CC1C(=O)O. The minimum Gasteiger partial charge on any atom is -0.480 e. The summed E-state index contributed by atoms with van der Waals surface area (Å²) in [6, 6.07) is 13.9. The summed E-state index contributed by atoms with van der Waals surface area (Å²) < 4.78 is 5.54. The van der Waals surface area contributed by atoms with E-state index in [1.165, 1.54) is 0 Å². The first-order chi connectivity index (χ1) is 15.8. The average molecular weight is 453 g/mol. The number of ether oxygens (including phenoxy) is 1.